The number of hydrogen-bond donors (Lipinski definition) is 1. The van der Waals surface area contributed by atoms with Gasteiger partial charge in [-0.3, -0.25) is 4.79 Å². The summed E-state index contributed by atoms with van der Waals surface area (Å²) in [6.07, 6.45) is -0.0567. The van der Waals surface area contributed by atoms with E-state index in [1.165, 1.54) is 0 Å². The molecular weight excluding hydrogens is 300 g/mol. The lowest BCUT2D eigenvalue weighted by molar-refractivity contribution is -0.130. The Bertz CT molecular complexity index is 768. The second-order valence-corrected chi connectivity index (χ2v) is 6.09. The fraction of sp³-hybridized carbons (Fsp3) is 0.300. The van der Waals surface area contributed by atoms with Gasteiger partial charge in [-0.05, 0) is 32.4 Å². The number of benzene rings is 2. The summed E-state index contributed by atoms with van der Waals surface area (Å²) in [5.41, 5.74) is 4.56. The maximum Gasteiger partial charge on any atom is 0.276 e. The number of rotatable bonds is 4. The van der Waals surface area contributed by atoms with Gasteiger partial charge in [-0.2, -0.15) is 0 Å². The summed E-state index contributed by atoms with van der Waals surface area (Å²) in [6, 6.07) is 15.9. The summed E-state index contributed by atoms with van der Waals surface area (Å²) < 4.78 is 5.85. The molecular formula is C20H22N2O2. The lowest BCUT2D eigenvalue weighted by atomic mass is 9.99. The standard InChI is InChI=1S/C20H22N2O2/c1-4-14(3)24-20-19(23)21-17-11-10-13(2)12-16(17)18(22-20)15-8-6-5-7-9-15/h5-12,14,20H,4H2,1-3H3,(H,21,23). The van der Waals surface area contributed by atoms with Crippen molar-refractivity contribution in [1.82, 2.24) is 0 Å². The van der Waals surface area contributed by atoms with Crippen molar-refractivity contribution < 1.29 is 9.53 Å². The zero-order valence-corrected chi connectivity index (χ0v) is 14.2. The number of nitrogens with one attached hydrogen (secondary N) is 1. The molecule has 1 N–H and O–H groups in total. The first-order valence-electron chi connectivity index (χ1n) is 8.29. The molecule has 1 aliphatic rings. The number of amides is 1. The number of carbonyl (C=O) groups excluding carboxylic acids is 1. The highest BCUT2D eigenvalue weighted by Gasteiger charge is 2.27. The molecule has 124 valence electrons. The summed E-state index contributed by atoms with van der Waals surface area (Å²) in [7, 11) is 0. The molecule has 0 bridgehead atoms. The highest BCUT2D eigenvalue weighted by molar-refractivity contribution is 6.19. The highest BCUT2D eigenvalue weighted by atomic mass is 16.5. The van der Waals surface area contributed by atoms with Crippen LogP contribution in [-0.2, 0) is 9.53 Å². The normalized spacial score (nSPS) is 18.2. The first kappa shape index (κ1) is 16.4. The molecule has 2 aromatic rings. The van der Waals surface area contributed by atoms with Gasteiger partial charge in [0.15, 0.2) is 0 Å². The van der Waals surface area contributed by atoms with Gasteiger partial charge in [-0.15, -0.1) is 0 Å². The Labute approximate surface area is 142 Å². The van der Waals surface area contributed by atoms with Crippen LogP contribution < -0.4 is 5.32 Å². The number of carbonyl (C=O) groups is 1. The molecule has 0 saturated carbocycles. The third-order valence-electron chi connectivity index (χ3n) is 4.14. The Morgan fingerprint density at radius 1 is 1.21 bits per heavy atom. The monoisotopic (exact) mass is 322 g/mol. The summed E-state index contributed by atoms with van der Waals surface area (Å²) in [4.78, 5) is 17.2. The van der Waals surface area contributed by atoms with E-state index in [1.807, 2.05) is 69.3 Å². The molecule has 4 nitrogen and oxygen atoms in total. The number of ether oxygens (including phenoxy) is 1. The molecule has 0 aliphatic carbocycles. The largest absolute Gasteiger partial charge is 0.345 e. The number of anilines is 1. The van der Waals surface area contributed by atoms with Crippen molar-refractivity contribution >= 4 is 17.3 Å². The minimum atomic E-state index is -0.845. The second kappa shape index (κ2) is 6.97. The van der Waals surface area contributed by atoms with Crippen LogP contribution in [0.5, 0.6) is 0 Å². The molecule has 1 aliphatic heterocycles. The van der Waals surface area contributed by atoms with Gasteiger partial charge in [-0.1, -0.05) is 48.9 Å². The van der Waals surface area contributed by atoms with E-state index in [9.17, 15) is 4.79 Å². The van der Waals surface area contributed by atoms with E-state index < -0.39 is 6.23 Å². The van der Waals surface area contributed by atoms with Crippen LogP contribution >= 0.6 is 0 Å². The molecule has 0 spiro atoms. The molecule has 4 heteroatoms. The Hall–Kier alpha value is -2.46. The van der Waals surface area contributed by atoms with Gasteiger partial charge < -0.3 is 10.1 Å². The van der Waals surface area contributed by atoms with Gasteiger partial charge in [0.25, 0.3) is 5.91 Å². The average Bonchev–Trinajstić information content (AvgIpc) is 2.72. The Morgan fingerprint density at radius 2 is 1.96 bits per heavy atom. The molecule has 0 saturated heterocycles. The third kappa shape index (κ3) is 3.39. The van der Waals surface area contributed by atoms with Crippen LogP contribution in [0.4, 0.5) is 5.69 Å². The Kier molecular flexibility index (Phi) is 4.76. The quantitative estimate of drug-likeness (QED) is 0.927. The van der Waals surface area contributed by atoms with E-state index >= 15 is 0 Å². The van der Waals surface area contributed by atoms with Gasteiger partial charge >= 0.3 is 0 Å². The average molecular weight is 322 g/mol. The number of hydrogen-bond acceptors (Lipinski definition) is 3. The molecule has 0 fully saturated rings. The van der Waals surface area contributed by atoms with Crippen LogP contribution in [0.25, 0.3) is 0 Å². The maximum absolute atomic E-state index is 12.5. The molecule has 2 unspecified atom stereocenters. The van der Waals surface area contributed by atoms with Gasteiger partial charge in [0.2, 0.25) is 6.23 Å². The van der Waals surface area contributed by atoms with E-state index in [1.54, 1.807) is 0 Å². The van der Waals surface area contributed by atoms with E-state index in [4.69, 9.17) is 4.74 Å². The molecule has 1 heterocycles. The van der Waals surface area contributed by atoms with Crippen molar-refractivity contribution in [2.75, 3.05) is 5.32 Å². The first-order valence-corrected chi connectivity index (χ1v) is 8.29. The van der Waals surface area contributed by atoms with Gasteiger partial charge in [0, 0.05) is 11.1 Å². The second-order valence-electron chi connectivity index (χ2n) is 6.09. The van der Waals surface area contributed by atoms with E-state index in [-0.39, 0.29) is 12.0 Å². The van der Waals surface area contributed by atoms with Crippen LogP contribution in [-0.4, -0.2) is 24.0 Å². The lowest BCUT2D eigenvalue weighted by Gasteiger charge is -2.16. The van der Waals surface area contributed by atoms with E-state index in [0.717, 1.165) is 34.5 Å². The molecule has 2 atom stereocenters. The van der Waals surface area contributed by atoms with Crippen LogP contribution in [0.1, 0.15) is 37.0 Å². The highest BCUT2D eigenvalue weighted by Crippen LogP contribution is 2.26. The molecule has 2 aromatic carbocycles. The van der Waals surface area contributed by atoms with Gasteiger partial charge in [0.1, 0.15) is 0 Å². The fourth-order valence-corrected chi connectivity index (χ4v) is 2.64. The van der Waals surface area contributed by atoms with Gasteiger partial charge in [0.05, 0.1) is 17.5 Å². The molecule has 3 rings (SSSR count). The summed E-state index contributed by atoms with van der Waals surface area (Å²) in [6.45, 7) is 6.01. The fourth-order valence-electron chi connectivity index (χ4n) is 2.64. The zero-order chi connectivity index (χ0) is 17.1. The predicted molar refractivity (Wildman–Crippen MR) is 96.5 cm³/mol. The summed E-state index contributed by atoms with van der Waals surface area (Å²) in [5.74, 6) is -0.230. The molecule has 0 radical (unpaired) electrons. The van der Waals surface area contributed by atoms with Crippen LogP contribution in [0.3, 0.4) is 0 Å². The number of aryl methyl sites for hydroxylation is 1. The van der Waals surface area contributed by atoms with Crippen LogP contribution in [0.15, 0.2) is 53.5 Å². The molecule has 0 aromatic heterocycles. The summed E-state index contributed by atoms with van der Waals surface area (Å²) >= 11 is 0. The number of aliphatic imine (C=N–C) groups is 1. The first-order chi connectivity index (χ1) is 11.6. The minimum absolute atomic E-state index is 0.0375. The number of fused-ring (bicyclic) bond motifs is 1. The van der Waals surface area contributed by atoms with E-state index in [0.29, 0.717) is 0 Å². The van der Waals surface area contributed by atoms with Crippen molar-refractivity contribution in [3.8, 4) is 0 Å². The predicted octanol–water partition coefficient (Wildman–Crippen LogP) is 3.93. The van der Waals surface area contributed by atoms with Crippen molar-refractivity contribution in [3.05, 3.63) is 65.2 Å². The van der Waals surface area contributed by atoms with Crippen LogP contribution in [0, 0.1) is 6.92 Å². The third-order valence-corrected chi connectivity index (χ3v) is 4.14. The zero-order valence-electron chi connectivity index (χ0n) is 14.2. The Morgan fingerprint density at radius 3 is 2.67 bits per heavy atom. The van der Waals surface area contributed by atoms with Crippen molar-refractivity contribution in [2.24, 2.45) is 4.99 Å². The van der Waals surface area contributed by atoms with Crippen molar-refractivity contribution in [3.63, 3.8) is 0 Å². The topological polar surface area (TPSA) is 50.7 Å². The molecule has 1 amide bonds. The van der Waals surface area contributed by atoms with Gasteiger partial charge in [-0.25, -0.2) is 4.99 Å². The van der Waals surface area contributed by atoms with Crippen molar-refractivity contribution in [2.45, 2.75) is 39.5 Å². The number of benzodiazepines with no additional fused rings is 1. The van der Waals surface area contributed by atoms with E-state index in [2.05, 4.69) is 10.3 Å². The Balaban J connectivity index is 2.12. The van der Waals surface area contributed by atoms with Crippen LogP contribution in [0.2, 0.25) is 0 Å². The number of nitrogens with zero attached hydrogens (tertiary/aromatic N) is 1. The smallest absolute Gasteiger partial charge is 0.276 e. The molecule has 24 heavy (non-hydrogen) atoms. The maximum atomic E-state index is 12.5. The minimum Gasteiger partial charge on any atom is -0.345 e. The van der Waals surface area contributed by atoms with Crippen molar-refractivity contribution in [1.29, 1.82) is 0 Å². The SMILES string of the molecule is CCC(C)OC1N=C(c2ccccc2)c2cc(C)ccc2NC1=O. The summed E-state index contributed by atoms with van der Waals surface area (Å²) in [5, 5.41) is 2.95. The lowest BCUT2D eigenvalue weighted by Crippen LogP contribution is -2.31.